The normalized spacial score (nSPS) is 10.5. The molecule has 0 aliphatic rings. The maximum atomic E-state index is 5.63. The van der Waals surface area contributed by atoms with Crippen LogP contribution in [0.15, 0.2) is 36.7 Å². The van der Waals surface area contributed by atoms with Gasteiger partial charge in [0.1, 0.15) is 17.9 Å². The first kappa shape index (κ1) is 12.6. The fourth-order valence-electron chi connectivity index (χ4n) is 1.69. The first-order valence-electron chi connectivity index (χ1n) is 6.09. The predicted octanol–water partition coefficient (Wildman–Crippen LogP) is 1.47. The molecular formula is C13H18N4O. The number of nitrogens with one attached hydrogen (secondary N) is 1. The van der Waals surface area contributed by atoms with E-state index in [1.54, 1.807) is 6.33 Å². The van der Waals surface area contributed by atoms with Gasteiger partial charge in [0.05, 0.1) is 13.2 Å². The zero-order valence-corrected chi connectivity index (χ0v) is 10.5. The molecule has 96 valence electrons. The second kappa shape index (κ2) is 6.76. The van der Waals surface area contributed by atoms with Crippen LogP contribution >= 0.6 is 0 Å². The highest BCUT2D eigenvalue weighted by Crippen LogP contribution is 2.08. The lowest BCUT2D eigenvalue weighted by Gasteiger charge is -2.07. The Morgan fingerprint density at radius 3 is 2.89 bits per heavy atom. The largest absolute Gasteiger partial charge is 0.494 e. The summed E-state index contributed by atoms with van der Waals surface area (Å²) >= 11 is 0. The third-order valence-corrected chi connectivity index (χ3v) is 2.56. The summed E-state index contributed by atoms with van der Waals surface area (Å²) in [6, 6.07) is 9.84. The minimum Gasteiger partial charge on any atom is -0.494 e. The quantitative estimate of drug-likeness (QED) is 0.752. The molecule has 0 fully saturated rings. The summed E-state index contributed by atoms with van der Waals surface area (Å²) in [5, 5.41) is 7.26. The number of aryl methyl sites for hydroxylation is 1. The van der Waals surface area contributed by atoms with Gasteiger partial charge in [0.2, 0.25) is 0 Å². The second-order valence-corrected chi connectivity index (χ2v) is 3.94. The summed E-state index contributed by atoms with van der Waals surface area (Å²) in [7, 11) is 1.90. The summed E-state index contributed by atoms with van der Waals surface area (Å²) in [4.78, 5) is 4.19. The molecule has 0 aliphatic heterocycles. The first-order chi connectivity index (χ1) is 8.90. The Balaban J connectivity index is 1.73. The summed E-state index contributed by atoms with van der Waals surface area (Å²) in [6.07, 6.45) is 2.50. The van der Waals surface area contributed by atoms with E-state index >= 15 is 0 Å². The Labute approximate surface area is 107 Å². The lowest BCUT2D eigenvalue weighted by molar-refractivity contribution is 0.297. The summed E-state index contributed by atoms with van der Waals surface area (Å²) in [5.41, 5.74) is 0. The van der Waals surface area contributed by atoms with E-state index in [-0.39, 0.29) is 0 Å². The van der Waals surface area contributed by atoms with Crippen LogP contribution in [0.1, 0.15) is 12.2 Å². The fraction of sp³-hybridized carbons (Fsp3) is 0.385. The molecule has 18 heavy (non-hydrogen) atoms. The van der Waals surface area contributed by atoms with E-state index < -0.39 is 0 Å². The number of nitrogens with zero attached hydrogens (tertiary/aromatic N) is 3. The maximum absolute atomic E-state index is 5.63. The molecular weight excluding hydrogens is 228 g/mol. The average molecular weight is 246 g/mol. The third-order valence-electron chi connectivity index (χ3n) is 2.56. The van der Waals surface area contributed by atoms with Crippen molar-refractivity contribution < 1.29 is 4.74 Å². The van der Waals surface area contributed by atoms with Crippen molar-refractivity contribution >= 4 is 0 Å². The highest BCUT2D eigenvalue weighted by molar-refractivity contribution is 5.20. The molecule has 2 aromatic rings. The van der Waals surface area contributed by atoms with Crippen LogP contribution in [0.2, 0.25) is 0 Å². The van der Waals surface area contributed by atoms with E-state index in [1.807, 2.05) is 42.1 Å². The molecule has 1 N–H and O–H groups in total. The molecule has 0 unspecified atom stereocenters. The van der Waals surface area contributed by atoms with Gasteiger partial charge in [0.15, 0.2) is 0 Å². The van der Waals surface area contributed by atoms with Gasteiger partial charge in [-0.15, -0.1) is 0 Å². The Bertz CT molecular complexity index is 455. The maximum Gasteiger partial charge on any atom is 0.140 e. The molecule has 2 rings (SSSR count). The summed E-state index contributed by atoms with van der Waals surface area (Å²) in [6.45, 7) is 2.24. The van der Waals surface area contributed by atoms with Crippen molar-refractivity contribution in [1.82, 2.24) is 20.1 Å². The van der Waals surface area contributed by atoms with Crippen LogP contribution in [0, 0.1) is 0 Å². The minimum absolute atomic E-state index is 0.683. The van der Waals surface area contributed by atoms with Gasteiger partial charge in [0, 0.05) is 13.0 Å². The molecule has 0 amide bonds. The first-order valence-corrected chi connectivity index (χ1v) is 6.09. The van der Waals surface area contributed by atoms with Gasteiger partial charge >= 0.3 is 0 Å². The zero-order valence-electron chi connectivity index (χ0n) is 10.5. The standard InChI is InChI=1S/C13H18N4O/c1-14-10-13-15-11-16-17(13)8-5-9-18-12-6-3-2-4-7-12/h2-4,6-7,11,14H,5,8-10H2,1H3. The second-order valence-electron chi connectivity index (χ2n) is 3.94. The van der Waals surface area contributed by atoms with Gasteiger partial charge in [-0.1, -0.05) is 18.2 Å². The lowest BCUT2D eigenvalue weighted by atomic mass is 10.3. The number of para-hydroxylation sites is 1. The SMILES string of the molecule is CNCc1ncnn1CCCOc1ccccc1. The van der Waals surface area contributed by atoms with E-state index in [0.29, 0.717) is 6.61 Å². The Morgan fingerprint density at radius 1 is 1.28 bits per heavy atom. The average Bonchev–Trinajstić information content (AvgIpc) is 2.84. The fourth-order valence-corrected chi connectivity index (χ4v) is 1.69. The predicted molar refractivity (Wildman–Crippen MR) is 69.3 cm³/mol. The smallest absolute Gasteiger partial charge is 0.140 e. The van der Waals surface area contributed by atoms with Crippen LogP contribution in [0.5, 0.6) is 5.75 Å². The molecule has 1 aromatic heterocycles. The van der Waals surface area contributed by atoms with Crippen molar-refractivity contribution in [2.45, 2.75) is 19.5 Å². The van der Waals surface area contributed by atoms with Crippen LogP contribution in [-0.4, -0.2) is 28.4 Å². The van der Waals surface area contributed by atoms with Crippen molar-refractivity contribution in [2.24, 2.45) is 0 Å². The molecule has 0 radical (unpaired) electrons. The minimum atomic E-state index is 0.683. The van der Waals surface area contributed by atoms with E-state index in [4.69, 9.17) is 4.74 Å². The van der Waals surface area contributed by atoms with Crippen LogP contribution in [0.3, 0.4) is 0 Å². The highest BCUT2D eigenvalue weighted by Gasteiger charge is 2.02. The zero-order chi connectivity index (χ0) is 12.6. The highest BCUT2D eigenvalue weighted by atomic mass is 16.5. The van der Waals surface area contributed by atoms with Crippen molar-refractivity contribution in [2.75, 3.05) is 13.7 Å². The molecule has 0 aliphatic carbocycles. The summed E-state index contributed by atoms with van der Waals surface area (Å²) in [5.74, 6) is 1.86. The van der Waals surface area contributed by atoms with Crippen molar-refractivity contribution in [3.8, 4) is 5.75 Å². The molecule has 5 heteroatoms. The monoisotopic (exact) mass is 246 g/mol. The van der Waals surface area contributed by atoms with Crippen LogP contribution < -0.4 is 10.1 Å². The molecule has 0 bridgehead atoms. The van der Waals surface area contributed by atoms with Gasteiger partial charge in [-0.3, -0.25) is 0 Å². The Morgan fingerprint density at radius 2 is 2.11 bits per heavy atom. The molecule has 0 spiro atoms. The van der Waals surface area contributed by atoms with Gasteiger partial charge in [-0.05, 0) is 19.2 Å². The molecule has 0 saturated heterocycles. The Hall–Kier alpha value is -1.88. The molecule has 1 aromatic carbocycles. The van der Waals surface area contributed by atoms with E-state index in [9.17, 15) is 0 Å². The number of benzene rings is 1. The van der Waals surface area contributed by atoms with Gasteiger partial charge < -0.3 is 10.1 Å². The van der Waals surface area contributed by atoms with Gasteiger partial charge in [-0.25, -0.2) is 9.67 Å². The number of hydrogen-bond donors (Lipinski definition) is 1. The number of hydrogen-bond acceptors (Lipinski definition) is 4. The van der Waals surface area contributed by atoms with E-state index in [2.05, 4.69) is 15.4 Å². The Kier molecular flexibility index (Phi) is 4.72. The van der Waals surface area contributed by atoms with Crippen molar-refractivity contribution in [1.29, 1.82) is 0 Å². The van der Waals surface area contributed by atoms with Gasteiger partial charge in [0.25, 0.3) is 0 Å². The van der Waals surface area contributed by atoms with Crippen LogP contribution in [0.25, 0.3) is 0 Å². The van der Waals surface area contributed by atoms with Crippen molar-refractivity contribution in [3.63, 3.8) is 0 Å². The van der Waals surface area contributed by atoms with Crippen LogP contribution in [-0.2, 0) is 13.1 Å². The third kappa shape index (κ3) is 3.56. The topological polar surface area (TPSA) is 52.0 Å². The van der Waals surface area contributed by atoms with E-state index in [1.165, 1.54) is 0 Å². The number of aromatic nitrogens is 3. The molecule has 1 heterocycles. The molecule has 0 saturated carbocycles. The van der Waals surface area contributed by atoms with Gasteiger partial charge in [-0.2, -0.15) is 5.10 Å². The molecule has 5 nitrogen and oxygen atoms in total. The number of ether oxygens (including phenoxy) is 1. The van der Waals surface area contributed by atoms with Crippen LogP contribution in [0.4, 0.5) is 0 Å². The lowest BCUT2D eigenvalue weighted by Crippen LogP contribution is -2.14. The van der Waals surface area contributed by atoms with E-state index in [0.717, 1.165) is 31.1 Å². The summed E-state index contributed by atoms with van der Waals surface area (Å²) < 4.78 is 7.53. The molecule has 0 atom stereocenters. The number of rotatable bonds is 7. The van der Waals surface area contributed by atoms with Crippen molar-refractivity contribution in [3.05, 3.63) is 42.5 Å².